The second kappa shape index (κ2) is 10.1. The first kappa shape index (κ1) is 19.4. The van der Waals surface area contributed by atoms with Crippen LogP contribution in [0.1, 0.15) is 22.6 Å². The zero-order valence-electron chi connectivity index (χ0n) is 15.6. The van der Waals surface area contributed by atoms with E-state index in [0.29, 0.717) is 6.54 Å². The van der Waals surface area contributed by atoms with Gasteiger partial charge in [-0.3, -0.25) is 9.59 Å². The number of rotatable bonds is 8. The lowest BCUT2D eigenvalue weighted by Crippen LogP contribution is -2.31. The van der Waals surface area contributed by atoms with E-state index >= 15 is 0 Å². The van der Waals surface area contributed by atoms with Crippen LogP contribution in [0.3, 0.4) is 0 Å². The highest BCUT2D eigenvalue weighted by Gasteiger charge is 2.24. The largest absolute Gasteiger partial charge is 0.455 e. The fourth-order valence-electron chi connectivity index (χ4n) is 3.02. The van der Waals surface area contributed by atoms with Crippen molar-refractivity contribution in [2.45, 2.75) is 12.3 Å². The summed E-state index contributed by atoms with van der Waals surface area (Å²) in [7, 11) is 0. The number of carbonyl (C=O) groups excluding carboxylic acids is 2. The molecule has 0 unspecified atom stereocenters. The van der Waals surface area contributed by atoms with E-state index in [4.69, 9.17) is 4.74 Å². The SMILES string of the molecule is O=C(COC(=O)C(c1ccccc1)c1ccccc1)NCCc1ccccc1. The van der Waals surface area contributed by atoms with Gasteiger partial charge in [0.05, 0.1) is 0 Å². The molecule has 0 saturated heterocycles. The number of nitrogens with one attached hydrogen (secondary N) is 1. The minimum Gasteiger partial charge on any atom is -0.455 e. The molecule has 0 aliphatic carbocycles. The Hall–Kier alpha value is -3.40. The van der Waals surface area contributed by atoms with E-state index in [1.807, 2.05) is 91.0 Å². The van der Waals surface area contributed by atoms with Gasteiger partial charge in [-0.05, 0) is 23.1 Å². The van der Waals surface area contributed by atoms with Crippen molar-refractivity contribution in [3.8, 4) is 0 Å². The molecule has 0 aliphatic rings. The van der Waals surface area contributed by atoms with E-state index in [-0.39, 0.29) is 12.5 Å². The Bertz CT molecular complexity index is 840. The van der Waals surface area contributed by atoms with Crippen molar-refractivity contribution < 1.29 is 14.3 Å². The Kier molecular flexibility index (Phi) is 6.96. The molecule has 0 aromatic heterocycles. The molecule has 0 bridgehead atoms. The number of carbonyl (C=O) groups is 2. The van der Waals surface area contributed by atoms with Crippen LogP contribution in [0.15, 0.2) is 91.0 Å². The first-order chi connectivity index (χ1) is 13.7. The van der Waals surface area contributed by atoms with Crippen LogP contribution in [0.2, 0.25) is 0 Å². The molecular weight excluding hydrogens is 350 g/mol. The van der Waals surface area contributed by atoms with Crippen LogP contribution in [-0.2, 0) is 20.7 Å². The highest BCUT2D eigenvalue weighted by atomic mass is 16.5. The Morgan fingerprint density at radius 2 is 1.25 bits per heavy atom. The number of ether oxygens (including phenoxy) is 1. The molecule has 3 aromatic rings. The maximum atomic E-state index is 12.7. The van der Waals surface area contributed by atoms with Crippen molar-refractivity contribution in [2.24, 2.45) is 0 Å². The predicted octanol–water partition coefficient (Wildman–Crippen LogP) is 3.72. The van der Waals surface area contributed by atoms with E-state index in [1.165, 1.54) is 0 Å². The summed E-state index contributed by atoms with van der Waals surface area (Å²) in [6, 6.07) is 28.8. The molecule has 0 saturated carbocycles. The molecule has 0 heterocycles. The molecule has 4 nitrogen and oxygen atoms in total. The Morgan fingerprint density at radius 1 is 0.750 bits per heavy atom. The van der Waals surface area contributed by atoms with Gasteiger partial charge in [0.2, 0.25) is 0 Å². The van der Waals surface area contributed by atoms with Gasteiger partial charge < -0.3 is 10.1 Å². The van der Waals surface area contributed by atoms with Gasteiger partial charge in [0, 0.05) is 6.54 Å². The van der Waals surface area contributed by atoms with Gasteiger partial charge in [-0.15, -0.1) is 0 Å². The molecule has 4 heteroatoms. The third kappa shape index (κ3) is 5.55. The maximum Gasteiger partial charge on any atom is 0.318 e. The first-order valence-electron chi connectivity index (χ1n) is 9.31. The predicted molar refractivity (Wildman–Crippen MR) is 109 cm³/mol. The summed E-state index contributed by atoms with van der Waals surface area (Å²) in [4.78, 5) is 24.8. The number of benzene rings is 3. The van der Waals surface area contributed by atoms with Gasteiger partial charge in [-0.1, -0.05) is 91.0 Å². The summed E-state index contributed by atoms with van der Waals surface area (Å²) < 4.78 is 5.33. The number of hydrogen-bond donors (Lipinski definition) is 1. The van der Waals surface area contributed by atoms with Crippen LogP contribution in [0.4, 0.5) is 0 Å². The van der Waals surface area contributed by atoms with Crippen LogP contribution in [0.5, 0.6) is 0 Å². The highest BCUT2D eigenvalue weighted by Crippen LogP contribution is 2.25. The summed E-state index contributed by atoms with van der Waals surface area (Å²) in [6.45, 7) is 0.213. The Balaban J connectivity index is 1.56. The van der Waals surface area contributed by atoms with Crippen molar-refractivity contribution >= 4 is 11.9 Å². The lowest BCUT2D eigenvalue weighted by molar-refractivity contribution is -0.149. The van der Waals surface area contributed by atoms with Gasteiger partial charge in [-0.25, -0.2) is 0 Å². The van der Waals surface area contributed by atoms with Crippen LogP contribution < -0.4 is 5.32 Å². The zero-order valence-corrected chi connectivity index (χ0v) is 15.6. The Labute approximate surface area is 165 Å². The molecule has 1 N–H and O–H groups in total. The van der Waals surface area contributed by atoms with Crippen molar-refractivity contribution in [1.29, 1.82) is 0 Å². The summed E-state index contributed by atoms with van der Waals surface area (Å²) in [5.74, 6) is -1.29. The molecule has 28 heavy (non-hydrogen) atoms. The van der Waals surface area contributed by atoms with E-state index in [9.17, 15) is 9.59 Å². The number of amides is 1. The minimum atomic E-state index is -0.556. The lowest BCUT2D eigenvalue weighted by Gasteiger charge is -2.17. The summed E-state index contributed by atoms with van der Waals surface area (Å²) in [6.07, 6.45) is 0.733. The summed E-state index contributed by atoms with van der Waals surface area (Å²) in [5, 5.41) is 2.79. The fourth-order valence-corrected chi connectivity index (χ4v) is 3.02. The van der Waals surface area contributed by atoms with E-state index in [2.05, 4.69) is 5.32 Å². The number of hydrogen-bond acceptors (Lipinski definition) is 3. The standard InChI is InChI=1S/C24H23NO3/c26-22(25-17-16-19-10-4-1-5-11-19)18-28-24(27)23(20-12-6-2-7-13-20)21-14-8-3-9-15-21/h1-15,23H,16-18H2,(H,25,26). The Morgan fingerprint density at radius 3 is 1.79 bits per heavy atom. The second-order valence-corrected chi connectivity index (χ2v) is 6.45. The molecule has 0 radical (unpaired) electrons. The van der Waals surface area contributed by atoms with Crippen LogP contribution in [-0.4, -0.2) is 25.0 Å². The third-order valence-electron chi connectivity index (χ3n) is 4.43. The maximum absolute atomic E-state index is 12.7. The smallest absolute Gasteiger partial charge is 0.318 e. The lowest BCUT2D eigenvalue weighted by atomic mass is 9.91. The molecule has 0 spiro atoms. The third-order valence-corrected chi connectivity index (χ3v) is 4.43. The zero-order chi connectivity index (χ0) is 19.6. The van der Waals surface area contributed by atoms with E-state index < -0.39 is 11.9 Å². The molecule has 0 fully saturated rings. The van der Waals surface area contributed by atoms with Crippen molar-refractivity contribution in [3.05, 3.63) is 108 Å². The average Bonchev–Trinajstić information content (AvgIpc) is 2.75. The molecule has 0 aliphatic heterocycles. The molecule has 0 atom stereocenters. The quantitative estimate of drug-likeness (QED) is 0.612. The monoisotopic (exact) mass is 373 g/mol. The van der Waals surface area contributed by atoms with Gasteiger partial charge in [0.25, 0.3) is 5.91 Å². The van der Waals surface area contributed by atoms with Crippen molar-refractivity contribution in [2.75, 3.05) is 13.2 Å². The minimum absolute atomic E-state index is 0.288. The van der Waals surface area contributed by atoms with Crippen molar-refractivity contribution in [1.82, 2.24) is 5.32 Å². The van der Waals surface area contributed by atoms with Gasteiger partial charge in [0.1, 0.15) is 5.92 Å². The van der Waals surface area contributed by atoms with E-state index in [1.54, 1.807) is 0 Å². The molecule has 1 amide bonds. The fraction of sp³-hybridized carbons (Fsp3) is 0.167. The van der Waals surface area contributed by atoms with Crippen molar-refractivity contribution in [3.63, 3.8) is 0 Å². The molecule has 3 aromatic carbocycles. The molecule has 142 valence electrons. The van der Waals surface area contributed by atoms with Crippen LogP contribution in [0, 0.1) is 0 Å². The second-order valence-electron chi connectivity index (χ2n) is 6.45. The van der Waals surface area contributed by atoms with Gasteiger partial charge in [0.15, 0.2) is 6.61 Å². The van der Waals surface area contributed by atoms with Gasteiger partial charge >= 0.3 is 5.97 Å². The first-order valence-corrected chi connectivity index (χ1v) is 9.31. The highest BCUT2D eigenvalue weighted by molar-refractivity contribution is 5.85. The normalized spacial score (nSPS) is 10.5. The summed E-state index contributed by atoms with van der Waals surface area (Å²) in [5.41, 5.74) is 2.82. The molecular formula is C24H23NO3. The topological polar surface area (TPSA) is 55.4 Å². The van der Waals surface area contributed by atoms with Crippen LogP contribution >= 0.6 is 0 Å². The van der Waals surface area contributed by atoms with Crippen LogP contribution in [0.25, 0.3) is 0 Å². The molecule has 3 rings (SSSR count). The van der Waals surface area contributed by atoms with Gasteiger partial charge in [-0.2, -0.15) is 0 Å². The number of esters is 1. The average molecular weight is 373 g/mol. The van der Waals surface area contributed by atoms with E-state index in [0.717, 1.165) is 23.1 Å². The summed E-state index contributed by atoms with van der Waals surface area (Å²) >= 11 is 0.